The second-order valence-electron chi connectivity index (χ2n) is 10.8. The minimum absolute atomic E-state index is 0.115. The maximum absolute atomic E-state index is 14.0. The Bertz CT molecular complexity index is 1500. The molecule has 7 nitrogen and oxygen atoms in total. The van der Waals surface area contributed by atoms with Gasteiger partial charge in [0.05, 0.1) is 40.5 Å². The molecule has 202 valence electrons. The van der Waals surface area contributed by atoms with Gasteiger partial charge >= 0.3 is 6.18 Å². The van der Waals surface area contributed by atoms with Crippen molar-refractivity contribution < 1.29 is 27.5 Å². The Hall–Kier alpha value is -3.36. The lowest BCUT2D eigenvalue weighted by Crippen LogP contribution is -2.46. The number of carbonyl (C=O) groups excluding carboxylic acids is 2. The van der Waals surface area contributed by atoms with Crippen molar-refractivity contribution in [3.8, 4) is 5.75 Å². The van der Waals surface area contributed by atoms with E-state index in [0.29, 0.717) is 40.5 Å². The number of fused-ring (bicyclic) bond motifs is 2. The number of anilines is 1. The lowest BCUT2D eigenvalue weighted by atomic mass is 9.75. The number of nitrogens with one attached hydrogen (secondary N) is 1. The zero-order valence-electron chi connectivity index (χ0n) is 21.0. The Kier molecular flexibility index (Phi) is 5.58. The van der Waals surface area contributed by atoms with Crippen LogP contribution in [0.1, 0.15) is 59.4 Å². The molecule has 0 radical (unpaired) electrons. The van der Waals surface area contributed by atoms with E-state index in [1.54, 1.807) is 6.07 Å². The molecule has 1 atom stereocenters. The van der Waals surface area contributed by atoms with Gasteiger partial charge in [0.1, 0.15) is 12.4 Å². The molecule has 2 amide bonds. The first-order chi connectivity index (χ1) is 18.7. The van der Waals surface area contributed by atoms with Crippen LogP contribution in [-0.4, -0.2) is 53.9 Å². The Morgan fingerprint density at radius 1 is 1.18 bits per heavy atom. The zero-order valence-corrected chi connectivity index (χ0v) is 21.8. The number of likely N-dealkylation sites (tertiary alicyclic amines) is 1. The third-order valence-corrected chi connectivity index (χ3v) is 9.58. The quantitative estimate of drug-likeness (QED) is 0.371. The molecule has 2 saturated heterocycles. The maximum atomic E-state index is 14.0. The molecule has 2 aromatic rings. The number of imide groups is 1. The van der Waals surface area contributed by atoms with Crippen LogP contribution in [0.4, 0.5) is 24.5 Å². The van der Waals surface area contributed by atoms with Gasteiger partial charge in [0.25, 0.3) is 0 Å². The Morgan fingerprint density at radius 2 is 1.97 bits per heavy atom. The molecule has 1 aromatic heterocycles. The summed E-state index contributed by atoms with van der Waals surface area (Å²) >= 11 is 1.31. The van der Waals surface area contributed by atoms with Crippen molar-refractivity contribution in [2.45, 2.75) is 62.8 Å². The van der Waals surface area contributed by atoms with Crippen LogP contribution in [0.15, 0.2) is 28.9 Å². The van der Waals surface area contributed by atoms with Crippen LogP contribution >= 0.6 is 11.3 Å². The van der Waals surface area contributed by atoms with Crippen molar-refractivity contribution in [1.29, 1.82) is 0 Å². The molecule has 4 aliphatic heterocycles. The molecule has 1 aromatic carbocycles. The average molecular weight is 555 g/mol. The fraction of sp³-hybridized carbons (Fsp3) is 0.464. The van der Waals surface area contributed by atoms with Crippen LogP contribution in [0.5, 0.6) is 5.75 Å². The highest BCUT2D eigenvalue weighted by molar-refractivity contribution is 7.13. The number of amides is 2. The number of halogens is 3. The average Bonchev–Trinajstić information content (AvgIpc) is 3.60. The predicted molar refractivity (Wildman–Crippen MR) is 140 cm³/mol. The molecule has 7 rings (SSSR count). The molecule has 39 heavy (non-hydrogen) atoms. The molecule has 1 unspecified atom stereocenters. The van der Waals surface area contributed by atoms with Crippen molar-refractivity contribution in [2.75, 3.05) is 24.6 Å². The van der Waals surface area contributed by atoms with E-state index in [0.717, 1.165) is 36.8 Å². The number of hydrogen-bond donors (Lipinski definition) is 1. The summed E-state index contributed by atoms with van der Waals surface area (Å²) < 4.78 is 48.0. The van der Waals surface area contributed by atoms with E-state index in [1.807, 2.05) is 0 Å². The summed E-state index contributed by atoms with van der Waals surface area (Å²) in [5.41, 5.74) is 4.33. The summed E-state index contributed by atoms with van der Waals surface area (Å²) in [5, 5.41) is 3.67. The van der Waals surface area contributed by atoms with Crippen LogP contribution in [-0.2, 0) is 22.3 Å². The van der Waals surface area contributed by atoms with E-state index in [4.69, 9.17) is 4.74 Å². The van der Waals surface area contributed by atoms with Crippen LogP contribution in [0.25, 0.3) is 5.57 Å². The Balaban J connectivity index is 1.32. The number of benzene rings is 1. The molecule has 1 aliphatic carbocycles. The standard InChI is InChI=1S/C28H25F3N4O3S/c29-28(30,31)16-10-20(25-22(11-16)38-9-8-34(25)17-13-27(33-14-17)5-1-6-27)19-4-7-32-21-12-18(39-26(19)21)15-35-23(36)2-3-24(35)37/h10-12,17,33H,1-3,5-6,8-9,13-15H2. The van der Waals surface area contributed by atoms with Gasteiger partial charge in [-0.3, -0.25) is 14.5 Å². The fourth-order valence-electron chi connectivity index (χ4n) is 6.35. The van der Waals surface area contributed by atoms with Crippen LogP contribution in [0, 0.1) is 0 Å². The number of ether oxygens (including phenoxy) is 1. The molecular formula is C28H25F3N4O3S. The SMILES string of the molecule is O=C1CCC(=O)N1Cc1cc2c(s1)C(c1cc(C(F)(F)F)cc3c1N(C1CNC4(CCC4)C1)CCO3)=C=C=N2. The molecule has 1 saturated carbocycles. The topological polar surface area (TPSA) is 74.2 Å². The fourth-order valence-corrected chi connectivity index (χ4v) is 7.45. The third kappa shape index (κ3) is 4.12. The first kappa shape index (κ1) is 24.7. The van der Waals surface area contributed by atoms with Crippen LogP contribution < -0.4 is 15.0 Å². The third-order valence-electron chi connectivity index (χ3n) is 8.46. The highest BCUT2D eigenvalue weighted by Gasteiger charge is 2.46. The molecule has 3 fully saturated rings. The first-order valence-electron chi connectivity index (χ1n) is 13.2. The summed E-state index contributed by atoms with van der Waals surface area (Å²) in [4.78, 5) is 33.4. The van der Waals surface area contributed by atoms with E-state index in [2.05, 4.69) is 26.8 Å². The largest absolute Gasteiger partial charge is 0.490 e. The molecule has 5 heterocycles. The maximum Gasteiger partial charge on any atom is 0.416 e. The molecule has 0 bridgehead atoms. The number of alkyl halides is 3. The highest BCUT2D eigenvalue weighted by Crippen LogP contribution is 2.50. The second kappa shape index (κ2) is 8.83. The molecular weight excluding hydrogens is 529 g/mol. The summed E-state index contributed by atoms with van der Waals surface area (Å²) in [6.07, 6.45) is 0.191. The van der Waals surface area contributed by atoms with Crippen molar-refractivity contribution >= 4 is 46.0 Å². The van der Waals surface area contributed by atoms with Crippen LogP contribution in [0.2, 0.25) is 0 Å². The van der Waals surface area contributed by atoms with Crippen molar-refractivity contribution in [3.63, 3.8) is 0 Å². The molecule has 11 heteroatoms. The summed E-state index contributed by atoms with van der Waals surface area (Å²) in [6.45, 7) is 1.76. The summed E-state index contributed by atoms with van der Waals surface area (Å²) in [5.74, 6) is 2.50. The van der Waals surface area contributed by atoms with Crippen molar-refractivity contribution in [2.24, 2.45) is 4.99 Å². The minimum atomic E-state index is -4.56. The van der Waals surface area contributed by atoms with Gasteiger partial charge in [-0.25, -0.2) is 0 Å². The van der Waals surface area contributed by atoms with Gasteiger partial charge in [0, 0.05) is 47.3 Å². The normalized spacial score (nSPS) is 23.2. The smallest absolute Gasteiger partial charge is 0.416 e. The molecule has 1 spiro atoms. The number of nitrogens with zero attached hydrogens (tertiary/aromatic N) is 3. The van der Waals surface area contributed by atoms with Gasteiger partial charge in [-0.2, -0.15) is 18.2 Å². The Labute approximate surface area is 226 Å². The highest BCUT2D eigenvalue weighted by atomic mass is 32.1. The number of rotatable bonds is 4. The summed E-state index contributed by atoms with van der Waals surface area (Å²) in [7, 11) is 0. The van der Waals surface area contributed by atoms with Gasteiger partial charge in [-0.1, -0.05) is 0 Å². The number of aliphatic imine (C=N–C) groups is 1. The predicted octanol–water partition coefficient (Wildman–Crippen LogP) is 4.80. The molecule has 5 aliphatic rings. The number of carbonyl (C=O) groups is 2. The van der Waals surface area contributed by atoms with Gasteiger partial charge in [-0.15, -0.1) is 11.3 Å². The monoisotopic (exact) mass is 554 g/mol. The van der Waals surface area contributed by atoms with E-state index in [-0.39, 0.29) is 48.5 Å². The van der Waals surface area contributed by atoms with Gasteiger partial charge in [0.2, 0.25) is 11.8 Å². The van der Waals surface area contributed by atoms with Crippen molar-refractivity contribution in [3.05, 3.63) is 44.8 Å². The number of thiophene rings is 1. The van der Waals surface area contributed by atoms with E-state index in [9.17, 15) is 22.8 Å². The van der Waals surface area contributed by atoms with E-state index >= 15 is 0 Å². The van der Waals surface area contributed by atoms with Crippen LogP contribution in [0.3, 0.4) is 0 Å². The van der Waals surface area contributed by atoms with Gasteiger partial charge in [0.15, 0.2) is 0 Å². The van der Waals surface area contributed by atoms with Gasteiger partial charge < -0.3 is 15.0 Å². The minimum Gasteiger partial charge on any atom is -0.490 e. The second-order valence-corrected chi connectivity index (χ2v) is 11.9. The van der Waals surface area contributed by atoms with E-state index in [1.165, 1.54) is 28.7 Å². The zero-order chi connectivity index (χ0) is 26.9. The first-order valence-corrected chi connectivity index (χ1v) is 14.0. The van der Waals surface area contributed by atoms with Gasteiger partial charge in [-0.05, 0) is 49.6 Å². The number of hydrogen-bond acceptors (Lipinski definition) is 7. The Morgan fingerprint density at radius 3 is 2.67 bits per heavy atom. The van der Waals surface area contributed by atoms with E-state index < -0.39 is 11.7 Å². The lowest BCUT2D eigenvalue weighted by Gasteiger charge is -2.41. The molecule has 1 N–H and O–H groups in total. The lowest BCUT2D eigenvalue weighted by molar-refractivity contribution is -0.139. The van der Waals surface area contributed by atoms with Crippen molar-refractivity contribution in [1.82, 2.24) is 10.2 Å². The summed E-state index contributed by atoms with van der Waals surface area (Å²) in [6, 6.07) is 4.17.